The van der Waals surface area contributed by atoms with Gasteiger partial charge in [-0.05, 0) is 153 Å². The van der Waals surface area contributed by atoms with Gasteiger partial charge in [0.05, 0.1) is 33.4 Å². The van der Waals surface area contributed by atoms with Crippen LogP contribution in [0, 0.1) is 19.8 Å². The summed E-state index contributed by atoms with van der Waals surface area (Å²) in [6.45, 7) is 11.8. The number of piperidine rings is 2. The number of nitrogens with two attached hydrogens (primary N) is 1. The number of aromatic amines is 2. The molecule has 2 saturated heterocycles. The van der Waals surface area contributed by atoms with E-state index < -0.39 is 0 Å². The molecular weight excluding hydrogens is 1150 g/mol. The second-order valence-electron chi connectivity index (χ2n) is 24.3. The van der Waals surface area contributed by atoms with Crippen LogP contribution in [0.2, 0.25) is 0 Å². The third-order valence-corrected chi connectivity index (χ3v) is 17.7. The van der Waals surface area contributed by atoms with Gasteiger partial charge < -0.3 is 34.1 Å². The summed E-state index contributed by atoms with van der Waals surface area (Å²) in [5, 5.41) is 12.9. The molecule has 6 aromatic carbocycles. The standard InChI is InChI=1S/C36H42N6O3.C35H41N7O3.2CH4/c1-25(22-27-11-13-28(14-12-27)29-15-17-31(18-16-29)42-26(2)38-39-36(42)44)23-34(43)40-19-6-8-30(24-40)35-37-32-9-4-5-10-33(32)41(35)20-7-21-45-3;1-24-38-39-35(44)42(24)30-16-14-27(15-17-30)26-12-10-25(11-13-26)21-29(36)22-33(43)40-18-5-7-28(23-40)34-37-31-8-3-4-9-32(31)41(34)19-6-20-45-2;;/h4-5,9-18,25,30H,6-8,19-24H2,1-3H3,(H,39,44);3-4,8-17,28-29H,5-7,18-23,36H2,1-2H3,(H,39,44);2*1H4/t25-,30-;28-,29-;;/m11../s1. The van der Waals surface area contributed by atoms with E-state index in [9.17, 15) is 19.2 Å². The van der Waals surface area contributed by atoms with E-state index in [1.807, 2.05) is 65.6 Å². The van der Waals surface area contributed by atoms with E-state index in [0.29, 0.717) is 50.7 Å². The van der Waals surface area contributed by atoms with E-state index in [2.05, 4.69) is 126 Å². The number of ether oxygens (including phenoxy) is 2. The summed E-state index contributed by atoms with van der Waals surface area (Å²) in [5.41, 5.74) is 18.5. The quantitative estimate of drug-likeness (QED) is 0.0542. The maximum Gasteiger partial charge on any atom is 0.347 e. The molecule has 0 unspecified atom stereocenters. The zero-order valence-corrected chi connectivity index (χ0v) is 52.4. The number of nitrogens with one attached hydrogen (secondary N) is 2. The second-order valence-corrected chi connectivity index (χ2v) is 24.3. The molecule has 2 aliphatic heterocycles. The number of aryl methyl sites for hydroxylation is 4. The number of likely N-dealkylation sites (tertiary alicyclic amines) is 2. The SMILES string of the molecule is C.C.COCCCn1c([C@@H]2CCCN(C(=O)C[C@H](C)Cc3ccc(-c4ccc(-n5c(C)n[nH]c5=O)cc4)cc3)C2)nc2ccccc21.COCCCn1c([C@@H]2CCCN(C(=O)C[C@H](N)Cc3ccc(-c4ccc(-n5c(C)n[nH]c5=O)cc4)cc3)C2)nc2ccccc21. The average Bonchev–Trinajstić information content (AvgIpc) is 1.66. The lowest BCUT2D eigenvalue weighted by atomic mass is 9.93. The molecule has 2 amide bonds. The Morgan fingerprint density at radius 2 is 0.946 bits per heavy atom. The van der Waals surface area contributed by atoms with E-state index in [0.717, 1.165) is 151 Å². The van der Waals surface area contributed by atoms with Crippen LogP contribution < -0.4 is 17.1 Å². The van der Waals surface area contributed by atoms with Gasteiger partial charge in [-0.3, -0.25) is 9.59 Å². The van der Waals surface area contributed by atoms with Crippen LogP contribution >= 0.6 is 0 Å². The number of carbonyl (C=O) groups is 2. The fourth-order valence-electron chi connectivity index (χ4n) is 13.1. The van der Waals surface area contributed by atoms with Gasteiger partial charge >= 0.3 is 11.4 Å². The van der Waals surface area contributed by atoms with Gasteiger partial charge in [-0.25, -0.2) is 38.9 Å². The number of aromatic nitrogens is 10. The van der Waals surface area contributed by atoms with Gasteiger partial charge in [-0.15, -0.1) is 0 Å². The number of fused-ring (bicyclic) bond motifs is 2. The zero-order valence-electron chi connectivity index (χ0n) is 52.4. The average molecular weight is 1250 g/mol. The molecule has 0 saturated carbocycles. The molecule has 10 aromatic rings. The molecule has 19 heteroatoms. The third kappa shape index (κ3) is 15.8. The van der Waals surface area contributed by atoms with E-state index in [1.54, 1.807) is 37.2 Å². The van der Waals surface area contributed by atoms with Crippen LogP contribution in [-0.4, -0.2) is 130 Å². The van der Waals surface area contributed by atoms with Crippen molar-refractivity contribution >= 4 is 33.9 Å². The normalized spacial score (nSPS) is 15.5. The zero-order chi connectivity index (χ0) is 62.7. The lowest BCUT2D eigenvalue weighted by Gasteiger charge is -2.33. The lowest BCUT2D eigenvalue weighted by Crippen LogP contribution is -2.42. The Morgan fingerprint density at radius 1 is 0.554 bits per heavy atom. The molecule has 4 N–H and O–H groups in total. The number of hydrogen-bond acceptors (Lipinski definition) is 11. The largest absolute Gasteiger partial charge is 0.385 e. The molecule has 92 heavy (non-hydrogen) atoms. The second kappa shape index (κ2) is 31.3. The predicted molar refractivity (Wildman–Crippen MR) is 366 cm³/mol. The Bertz CT molecular complexity index is 3870. The molecule has 19 nitrogen and oxygen atoms in total. The molecule has 2 aliphatic rings. The summed E-state index contributed by atoms with van der Waals surface area (Å²) in [7, 11) is 3.47. The molecule has 4 atom stereocenters. The van der Waals surface area contributed by atoms with Crippen LogP contribution in [0.1, 0.15) is 119 Å². The Hall–Kier alpha value is -9.04. The number of rotatable bonds is 22. The Morgan fingerprint density at radius 3 is 1.35 bits per heavy atom. The molecular formula is C73H91N13O6. The maximum absolute atomic E-state index is 13.5. The van der Waals surface area contributed by atoms with Crippen LogP contribution in [0.25, 0.3) is 55.7 Å². The summed E-state index contributed by atoms with van der Waals surface area (Å²) >= 11 is 0. The molecule has 12 rings (SSSR count). The predicted octanol–water partition coefficient (Wildman–Crippen LogP) is 11.8. The van der Waals surface area contributed by atoms with Crippen molar-refractivity contribution in [3.05, 3.63) is 201 Å². The highest BCUT2D eigenvalue weighted by molar-refractivity contribution is 5.79. The summed E-state index contributed by atoms with van der Waals surface area (Å²) in [6.07, 6.45) is 8.17. The summed E-state index contributed by atoms with van der Waals surface area (Å²) in [5.74, 6) is 4.40. The van der Waals surface area contributed by atoms with E-state index in [-0.39, 0.29) is 61.8 Å². The fraction of sp³-hybridized carbons (Fsp3) is 0.397. The molecule has 2 fully saturated rings. The molecule has 4 aromatic heterocycles. The van der Waals surface area contributed by atoms with Crippen molar-refractivity contribution in [2.75, 3.05) is 53.6 Å². The van der Waals surface area contributed by atoms with Crippen molar-refractivity contribution in [2.24, 2.45) is 11.7 Å². The highest BCUT2D eigenvalue weighted by Crippen LogP contribution is 2.33. The smallest absolute Gasteiger partial charge is 0.347 e. The van der Waals surface area contributed by atoms with Gasteiger partial charge in [0.15, 0.2) is 0 Å². The monoisotopic (exact) mass is 1250 g/mol. The lowest BCUT2D eigenvalue weighted by molar-refractivity contribution is -0.133. The van der Waals surface area contributed by atoms with Gasteiger partial charge in [-0.1, -0.05) is 119 Å². The van der Waals surface area contributed by atoms with Crippen molar-refractivity contribution in [2.45, 2.75) is 131 Å². The minimum absolute atomic E-state index is 0. The van der Waals surface area contributed by atoms with Crippen molar-refractivity contribution < 1.29 is 19.1 Å². The maximum atomic E-state index is 13.5. The number of H-pyrrole nitrogens is 2. The topological polar surface area (TPSA) is 222 Å². The Labute approximate surface area is 539 Å². The summed E-state index contributed by atoms with van der Waals surface area (Å²) in [6, 6.07) is 48.9. The first-order valence-electron chi connectivity index (χ1n) is 31.7. The Balaban J connectivity index is 0.000000213. The molecule has 0 radical (unpaired) electrons. The minimum atomic E-state index is -0.266. The van der Waals surface area contributed by atoms with Crippen LogP contribution in [0.5, 0.6) is 0 Å². The number of amides is 2. The number of benzene rings is 6. The van der Waals surface area contributed by atoms with E-state index >= 15 is 0 Å². The van der Waals surface area contributed by atoms with Crippen molar-refractivity contribution in [3.63, 3.8) is 0 Å². The van der Waals surface area contributed by atoms with Crippen molar-refractivity contribution in [1.82, 2.24) is 58.4 Å². The Kier molecular flexibility index (Phi) is 22.9. The van der Waals surface area contributed by atoms with Gasteiger partial charge in [0.1, 0.15) is 23.3 Å². The van der Waals surface area contributed by atoms with Crippen LogP contribution in [0.4, 0.5) is 0 Å². The first kappa shape index (κ1) is 67.4. The first-order chi connectivity index (χ1) is 43.8. The van der Waals surface area contributed by atoms with Crippen LogP contribution in [0.15, 0.2) is 155 Å². The highest BCUT2D eigenvalue weighted by Gasteiger charge is 2.31. The minimum Gasteiger partial charge on any atom is -0.385 e. The number of nitrogens with zero attached hydrogens (tertiary/aromatic N) is 10. The van der Waals surface area contributed by atoms with Gasteiger partial charge in [-0.2, -0.15) is 10.2 Å². The molecule has 0 spiro atoms. The van der Waals surface area contributed by atoms with Crippen LogP contribution in [0.3, 0.4) is 0 Å². The van der Waals surface area contributed by atoms with Crippen molar-refractivity contribution in [3.8, 4) is 33.6 Å². The van der Waals surface area contributed by atoms with Crippen molar-refractivity contribution in [1.29, 1.82) is 0 Å². The summed E-state index contributed by atoms with van der Waals surface area (Å²) < 4.78 is 18.4. The van der Waals surface area contributed by atoms with E-state index in [4.69, 9.17) is 25.2 Å². The van der Waals surface area contributed by atoms with Gasteiger partial charge in [0, 0.05) is 97.4 Å². The van der Waals surface area contributed by atoms with Crippen LogP contribution in [-0.2, 0) is 45.0 Å². The number of carbonyl (C=O) groups excluding carboxylic acids is 2. The summed E-state index contributed by atoms with van der Waals surface area (Å²) in [4.78, 5) is 65.1. The molecule has 0 aliphatic carbocycles. The molecule has 0 bridgehead atoms. The third-order valence-electron chi connectivity index (χ3n) is 17.7. The fourth-order valence-corrected chi connectivity index (χ4v) is 13.1. The van der Waals surface area contributed by atoms with E-state index in [1.165, 1.54) is 5.56 Å². The number of methoxy groups -OCH3 is 2. The number of imidazole rings is 2. The first-order valence-corrected chi connectivity index (χ1v) is 31.7. The van der Waals surface area contributed by atoms with Gasteiger partial charge in [0.25, 0.3) is 0 Å². The number of para-hydroxylation sites is 4. The van der Waals surface area contributed by atoms with Gasteiger partial charge in [0.2, 0.25) is 11.8 Å². The molecule has 6 heterocycles. The highest BCUT2D eigenvalue weighted by atomic mass is 16.5. The number of hydrogen-bond donors (Lipinski definition) is 3. The molecule has 484 valence electrons.